The first kappa shape index (κ1) is 10.6. The lowest BCUT2D eigenvalue weighted by atomic mass is 10.6. The van der Waals surface area contributed by atoms with Crippen molar-refractivity contribution in [3.05, 3.63) is 0 Å². The van der Waals surface area contributed by atoms with Gasteiger partial charge in [-0.15, -0.1) is 28.7 Å². The van der Waals surface area contributed by atoms with Gasteiger partial charge in [0.05, 0.1) is 0 Å². The van der Waals surface area contributed by atoms with Gasteiger partial charge in [0, 0.05) is 12.3 Å². The molecular formula is C4H7BrF3NS. The zero-order valence-electron chi connectivity index (χ0n) is 4.94. The number of nitrogens with one attached hydrogen (secondary N) is 1. The maximum atomic E-state index is 11.7. The summed E-state index contributed by atoms with van der Waals surface area (Å²) in [7, 11) is 0. The minimum Gasteiger partial charge on any atom is -0.297 e. The minimum atomic E-state index is -4.07. The van der Waals surface area contributed by atoms with Gasteiger partial charge in [-0.3, -0.25) is 5.32 Å². The first-order valence-electron chi connectivity index (χ1n) is 2.52. The van der Waals surface area contributed by atoms with Crippen molar-refractivity contribution in [2.45, 2.75) is 11.6 Å². The SMILES string of the molecule is Br.FC(F)(F)C1NCCS1. The van der Waals surface area contributed by atoms with E-state index in [9.17, 15) is 13.2 Å². The molecule has 1 heterocycles. The summed E-state index contributed by atoms with van der Waals surface area (Å²) >= 11 is 0.913. The third-order valence-electron chi connectivity index (χ3n) is 1.01. The molecule has 1 rings (SSSR count). The molecule has 1 fully saturated rings. The monoisotopic (exact) mass is 237 g/mol. The van der Waals surface area contributed by atoms with Crippen LogP contribution in [0.25, 0.3) is 0 Å². The molecule has 1 saturated heterocycles. The number of thioether (sulfide) groups is 1. The van der Waals surface area contributed by atoms with Crippen molar-refractivity contribution in [3.8, 4) is 0 Å². The fourth-order valence-corrected chi connectivity index (χ4v) is 1.53. The van der Waals surface area contributed by atoms with Gasteiger partial charge in [0.1, 0.15) is 0 Å². The van der Waals surface area contributed by atoms with Crippen LogP contribution in [0.1, 0.15) is 0 Å². The number of rotatable bonds is 0. The standard InChI is InChI=1S/C4H6F3NS.BrH/c5-4(6,7)3-8-1-2-9-3;/h3,8H,1-2H2;1H. The molecule has 0 aromatic rings. The third kappa shape index (κ3) is 2.67. The lowest BCUT2D eigenvalue weighted by Crippen LogP contribution is -2.34. The van der Waals surface area contributed by atoms with Crippen molar-refractivity contribution < 1.29 is 13.2 Å². The van der Waals surface area contributed by atoms with Gasteiger partial charge in [-0.05, 0) is 0 Å². The van der Waals surface area contributed by atoms with E-state index in [4.69, 9.17) is 0 Å². The minimum absolute atomic E-state index is 0. The van der Waals surface area contributed by atoms with E-state index in [2.05, 4.69) is 5.32 Å². The number of hydrogen-bond donors (Lipinski definition) is 1. The van der Waals surface area contributed by atoms with Gasteiger partial charge in [0.15, 0.2) is 5.37 Å². The number of alkyl halides is 3. The molecule has 0 amide bonds. The molecule has 0 bridgehead atoms. The van der Waals surface area contributed by atoms with E-state index < -0.39 is 11.6 Å². The van der Waals surface area contributed by atoms with Gasteiger partial charge < -0.3 is 0 Å². The van der Waals surface area contributed by atoms with E-state index >= 15 is 0 Å². The summed E-state index contributed by atoms with van der Waals surface area (Å²) in [5.41, 5.74) is 0. The summed E-state index contributed by atoms with van der Waals surface area (Å²) < 4.78 is 35.0. The fraction of sp³-hybridized carbons (Fsp3) is 1.00. The molecule has 0 aromatic carbocycles. The third-order valence-corrected chi connectivity index (χ3v) is 2.22. The Morgan fingerprint density at radius 2 is 2.00 bits per heavy atom. The van der Waals surface area contributed by atoms with Crippen molar-refractivity contribution in [3.63, 3.8) is 0 Å². The van der Waals surface area contributed by atoms with Gasteiger partial charge in [-0.1, -0.05) is 0 Å². The van der Waals surface area contributed by atoms with Crippen molar-refractivity contribution >= 4 is 28.7 Å². The Kier molecular flexibility index (Phi) is 4.05. The van der Waals surface area contributed by atoms with Crippen molar-refractivity contribution in [1.82, 2.24) is 5.32 Å². The summed E-state index contributed by atoms with van der Waals surface area (Å²) in [6, 6.07) is 0. The maximum Gasteiger partial charge on any atom is 0.413 e. The molecule has 10 heavy (non-hydrogen) atoms. The van der Waals surface area contributed by atoms with Crippen LogP contribution < -0.4 is 5.32 Å². The topological polar surface area (TPSA) is 12.0 Å². The molecule has 0 spiro atoms. The highest BCUT2D eigenvalue weighted by Crippen LogP contribution is 2.30. The number of hydrogen-bond acceptors (Lipinski definition) is 2. The fourth-order valence-electron chi connectivity index (χ4n) is 0.636. The second kappa shape index (κ2) is 3.82. The quantitative estimate of drug-likeness (QED) is 0.690. The van der Waals surface area contributed by atoms with E-state index in [0.29, 0.717) is 12.3 Å². The Labute approximate surface area is 71.5 Å². The smallest absolute Gasteiger partial charge is 0.297 e. The molecule has 0 radical (unpaired) electrons. The molecule has 1 aliphatic rings. The molecule has 6 heteroatoms. The average Bonchev–Trinajstić information content (AvgIpc) is 2.08. The summed E-state index contributed by atoms with van der Waals surface area (Å²) in [5, 5.41) is 1.01. The van der Waals surface area contributed by atoms with Gasteiger partial charge in [0.25, 0.3) is 0 Å². The maximum absolute atomic E-state index is 11.7. The van der Waals surface area contributed by atoms with Crippen molar-refractivity contribution in [1.29, 1.82) is 0 Å². The molecule has 0 aliphatic carbocycles. The summed E-state index contributed by atoms with van der Waals surface area (Å²) in [6.45, 7) is 0.467. The van der Waals surface area contributed by atoms with Crippen LogP contribution in [0.4, 0.5) is 13.2 Å². The van der Waals surface area contributed by atoms with Gasteiger partial charge in [-0.25, -0.2) is 0 Å². The zero-order chi connectivity index (χ0) is 6.91. The van der Waals surface area contributed by atoms with E-state index in [0.717, 1.165) is 11.8 Å². The Balaban J connectivity index is 0.000000810. The van der Waals surface area contributed by atoms with Crippen molar-refractivity contribution in [2.24, 2.45) is 0 Å². The molecule has 0 aromatic heterocycles. The highest BCUT2D eigenvalue weighted by atomic mass is 79.9. The molecule has 1 atom stereocenters. The van der Waals surface area contributed by atoms with Gasteiger partial charge in [-0.2, -0.15) is 13.2 Å². The second-order valence-corrected chi connectivity index (χ2v) is 2.96. The van der Waals surface area contributed by atoms with Crippen LogP contribution in [0, 0.1) is 0 Å². The largest absolute Gasteiger partial charge is 0.413 e. The van der Waals surface area contributed by atoms with Gasteiger partial charge >= 0.3 is 6.18 Å². The van der Waals surface area contributed by atoms with Crippen LogP contribution in [0.5, 0.6) is 0 Å². The van der Waals surface area contributed by atoms with Crippen LogP contribution in [-0.2, 0) is 0 Å². The van der Waals surface area contributed by atoms with E-state index in [1.165, 1.54) is 0 Å². The molecule has 1 unspecified atom stereocenters. The highest BCUT2D eigenvalue weighted by Gasteiger charge is 2.41. The van der Waals surface area contributed by atoms with Crippen LogP contribution in [0.15, 0.2) is 0 Å². The highest BCUT2D eigenvalue weighted by molar-refractivity contribution is 8.93. The molecule has 1 aliphatic heterocycles. The van der Waals surface area contributed by atoms with Crippen molar-refractivity contribution in [2.75, 3.05) is 12.3 Å². The van der Waals surface area contributed by atoms with Crippen LogP contribution in [-0.4, -0.2) is 23.8 Å². The average molecular weight is 238 g/mol. The predicted octanol–water partition coefficient (Wildman–Crippen LogP) is 1.79. The second-order valence-electron chi connectivity index (χ2n) is 1.75. The molecule has 1 nitrogen and oxygen atoms in total. The molecule has 62 valence electrons. The van der Waals surface area contributed by atoms with E-state index in [1.807, 2.05) is 0 Å². The lowest BCUT2D eigenvalue weighted by molar-refractivity contribution is -0.132. The Bertz CT molecular complexity index is 101. The first-order chi connectivity index (χ1) is 4.11. The summed E-state index contributed by atoms with van der Waals surface area (Å²) in [5.74, 6) is 0.560. The predicted molar refractivity (Wildman–Crippen MR) is 40.6 cm³/mol. The summed E-state index contributed by atoms with van der Waals surface area (Å²) in [6.07, 6.45) is -4.07. The Morgan fingerprint density at radius 3 is 2.20 bits per heavy atom. The van der Waals surface area contributed by atoms with Crippen LogP contribution in [0.3, 0.4) is 0 Å². The van der Waals surface area contributed by atoms with Gasteiger partial charge in [0.2, 0.25) is 0 Å². The Morgan fingerprint density at radius 1 is 1.40 bits per heavy atom. The molecule has 0 saturated carbocycles. The van der Waals surface area contributed by atoms with E-state index in [-0.39, 0.29) is 17.0 Å². The zero-order valence-corrected chi connectivity index (χ0v) is 7.47. The lowest BCUT2D eigenvalue weighted by Gasteiger charge is -2.12. The normalized spacial score (nSPS) is 26.1. The number of halogens is 4. The first-order valence-corrected chi connectivity index (χ1v) is 3.57. The Hall–Kier alpha value is 0.580. The van der Waals surface area contributed by atoms with E-state index in [1.54, 1.807) is 0 Å². The molecular weight excluding hydrogens is 231 g/mol. The molecule has 1 N–H and O–H groups in total. The van der Waals surface area contributed by atoms with Crippen LogP contribution >= 0.6 is 28.7 Å². The summed E-state index contributed by atoms with van der Waals surface area (Å²) in [4.78, 5) is 0. The van der Waals surface area contributed by atoms with Crippen LogP contribution in [0.2, 0.25) is 0 Å².